The fourth-order valence-corrected chi connectivity index (χ4v) is 2.03. The predicted molar refractivity (Wildman–Crippen MR) is 54.3 cm³/mol. The van der Waals surface area contributed by atoms with E-state index in [1.165, 1.54) is 11.1 Å². The topological polar surface area (TPSA) is 61.8 Å². The Hall–Kier alpha value is -1.68. The first kappa shape index (κ1) is 8.61. The van der Waals surface area contributed by atoms with Crippen LogP contribution in [0, 0.1) is 0 Å². The highest BCUT2D eigenvalue weighted by atomic mass is 16.3. The van der Waals surface area contributed by atoms with Crippen LogP contribution in [-0.2, 0) is 13.0 Å². The van der Waals surface area contributed by atoms with E-state index < -0.39 is 0 Å². The number of hydrogen-bond acceptors (Lipinski definition) is 3. The standard InChI is InChI=1S/C11H11N3O/c15-6-10-12-11(14-13-10)9-5-7-3-1-2-4-8(7)9/h1-4,9,15H,5-6H2,(H,12,13,14). The van der Waals surface area contributed by atoms with Gasteiger partial charge in [0.05, 0.1) is 5.92 Å². The van der Waals surface area contributed by atoms with Crippen molar-refractivity contribution >= 4 is 0 Å². The second-order valence-electron chi connectivity index (χ2n) is 3.75. The number of aliphatic hydroxyl groups is 1. The van der Waals surface area contributed by atoms with Crippen molar-refractivity contribution < 1.29 is 5.11 Å². The highest BCUT2D eigenvalue weighted by molar-refractivity contribution is 5.43. The van der Waals surface area contributed by atoms with Crippen LogP contribution in [0.3, 0.4) is 0 Å². The molecule has 0 amide bonds. The summed E-state index contributed by atoms with van der Waals surface area (Å²) in [6.45, 7) is -0.0820. The van der Waals surface area contributed by atoms with Crippen molar-refractivity contribution in [2.24, 2.45) is 0 Å². The van der Waals surface area contributed by atoms with E-state index in [1.54, 1.807) is 0 Å². The Balaban J connectivity index is 1.93. The van der Waals surface area contributed by atoms with E-state index in [9.17, 15) is 0 Å². The summed E-state index contributed by atoms with van der Waals surface area (Å²) in [5.74, 6) is 1.63. The summed E-state index contributed by atoms with van der Waals surface area (Å²) in [6.07, 6.45) is 0.999. The van der Waals surface area contributed by atoms with Crippen molar-refractivity contribution in [3.05, 3.63) is 47.0 Å². The van der Waals surface area contributed by atoms with Gasteiger partial charge >= 0.3 is 0 Å². The lowest BCUT2D eigenvalue weighted by atomic mass is 9.77. The first-order valence-electron chi connectivity index (χ1n) is 4.98. The number of hydrogen-bond donors (Lipinski definition) is 2. The summed E-state index contributed by atoms with van der Waals surface area (Å²) in [5, 5.41) is 15.7. The molecule has 0 saturated heterocycles. The number of H-pyrrole nitrogens is 1. The van der Waals surface area contributed by atoms with E-state index in [0.717, 1.165) is 12.2 Å². The number of aromatic amines is 1. The summed E-state index contributed by atoms with van der Waals surface area (Å²) in [4.78, 5) is 4.23. The maximum absolute atomic E-state index is 8.88. The van der Waals surface area contributed by atoms with Crippen molar-refractivity contribution in [3.63, 3.8) is 0 Å². The molecular formula is C11H11N3O. The summed E-state index contributed by atoms with van der Waals surface area (Å²) >= 11 is 0. The molecule has 4 nitrogen and oxygen atoms in total. The number of rotatable bonds is 2. The first-order chi connectivity index (χ1) is 7.38. The number of aliphatic hydroxyl groups excluding tert-OH is 1. The Kier molecular flexibility index (Phi) is 1.82. The first-order valence-corrected chi connectivity index (χ1v) is 4.98. The molecule has 4 heteroatoms. The van der Waals surface area contributed by atoms with E-state index in [4.69, 9.17) is 5.11 Å². The lowest BCUT2D eigenvalue weighted by Crippen LogP contribution is -2.19. The van der Waals surface area contributed by atoms with Gasteiger partial charge in [-0.05, 0) is 17.5 Å². The molecule has 1 heterocycles. The van der Waals surface area contributed by atoms with Gasteiger partial charge in [0.1, 0.15) is 12.4 Å². The van der Waals surface area contributed by atoms with Crippen LogP contribution >= 0.6 is 0 Å². The Morgan fingerprint density at radius 1 is 1.40 bits per heavy atom. The van der Waals surface area contributed by atoms with Crippen LogP contribution in [0.25, 0.3) is 0 Å². The maximum atomic E-state index is 8.88. The van der Waals surface area contributed by atoms with Crippen molar-refractivity contribution in [1.29, 1.82) is 0 Å². The highest BCUT2D eigenvalue weighted by Crippen LogP contribution is 2.38. The lowest BCUT2D eigenvalue weighted by Gasteiger charge is -2.27. The molecule has 1 aromatic heterocycles. The molecule has 2 aromatic rings. The van der Waals surface area contributed by atoms with E-state index in [2.05, 4.69) is 27.3 Å². The average Bonchev–Trinajstić information content (AvgIpc) is 2.68. The third-order valence-corrected chi connectivity index (χ3v) is 2.87. The molecule has 0 bridgehead atoms. The molecule has 2 N–H and O–H groups in total. The summed E-state index contributed by atoms with van der Waals surface area (Å²) in [7, 11) is 0. The summed E-state index contributed by atoms with van der Waals surface area (Å²) < 4.78 is 0. The Morgan fingerprint density at radius 2 is 2.27 bits per heavy atom. The van der Waals surface area contributed by atoms with Crippen LogP contribution < -0.4 is 0 Å². The highest BCUT2D eigenvalue weighted by Gasteiger charge is 2.29. The van der Waals surface area contributed by atoms with E-state index in [-0.39, 0.29) is 6.61 Å². The van der Waals surface area contributed by atoms with Crippen LogP contribution in [0.4, 0.5) is 0 Å². The normalized spacial score (nSPS) is 18.3. The van der Waals surface area contributed by atoms with Crippen LogP contribution in [0.5, 0.6) is 0 Å². The quantitative estimate of drug-likeness (QED) is 0.761. The van der Waals surface area contributed by atoms with Crippen molar-refractivity contribution in [3.8, 4) is 0 Å². The largest absolute Gasteiger partial charge is 0.388 e. The summed E-state index contributed by atoms with van der Waals surface area (Å²) in [6, 6.07) is 8.32. The van der Waals surface area contributed by atoms with Gasteiger partial charge < -0.3 is 5.11 Å². The molecule has 1 atom stereocenters. The van der Waals surface area contributed by atoms with Crippen LogP contribution in [0.15, 0.2) is 24.3 Å². The molecule has 15 heavy (non-hydrogen) atoms. The molecule has 0 aliphatic heterocycles. The molecule has 0 spiro atoms. The van der Waals surface area contributed by atoms with Crippen molar-refractivity contribution in [2.45, 2.75) is 18.9 Å². The third kappa shape index (κ3) is 1.26. The van der Waals surface area contributed by atoms with Crippen molar-refractivity contribution in [1.82, 2.24) is 15.2 Å². The monoisotopic (exact) mass is 201 g/mol. The van der Waals surface area contributed by atoms with Gasteiger partial charge in [-0.1, -0.05) is 24.3 Å². The van der Waals surface area contributed by atoms with Crippen LogP contribution in [0.1, 0.15) is 28.7 Å². The Labute approximate surface area is 87.0 Å². The number of aromatic nitrogens is 3. The molecule has 1 unspecified atom stereocenters. The lowest BCUT2D eigenvalue weighted by molar-refractivity contribution is 0.271. The molecular weight excluding hydrogens is 190 g/mol. The minimum Gasteiger partial charge on any atom is -0.388 e. The Bertz CT molecular complexity index is 492. The van der Waals surface area contributed by atoms with Crippen LogP contribution in [0.2, 0.25) is 0 Å². The van der Waals surface area contributed by atoms with Crippen molar-refractivity contribution in [2.75, 3.05) is 0 Å². The molecule has 76 valence electrons. The molecule has 1 aliphatic carbocycles. The summed E-state index contributed by atoms with van der Waals surface area (Å²) in [5.41, 5.74) is 2.68. The second-order valence-corrected chi connectivity index (χ2v) is 3.75. The third-order valence-electron chi connectivity index (χ3n) is 2.87. The molecule has 0 fully saturated rings. The molecule has 3 rings (SSSR count). The van der Waals surface area contributed by atoms with Gasteiger partial charge in [0, 0.05) is 0 Å². The minimum absolute atomic E-state index is 0.0820. The van der Waals surface area contributed by atoms with Gasteiger partial charge in [-0.3, -0.25) is 5.10 Å². The van der Waals surface area contributed by atoms with Gasteiger partial charge in [-0.25, -0.2) is 4.98 Å². The van der Waals surface area contributed by atoms with Gasteiger partial charge in [-0.15, -0.1) is 0 Å². The zero-order chi connectivity index (χ0) is 10.3. The zero-order valence-electron chi connectivity index (χ0n) is 8.14. The second kappa shape index (κ2) is 3.17. The van der Waals surface area contributed by atoms with Gasteiger partial charge in [-0.2, -0.15) is 5.10 Å². The van der Waals surface area contributed by atoms with Gasteiger partial charge in [0.15, 0.2) is 5.82 Å². The minimum atomic E-state index is -0.0820. The van der Waals surface area contributed by atoms with Gasteiger partial charge in [0.2, 0.25) is 0 Å². The van der Waals surface area contributed by atoms with Gasteiger partial charge in [0.25, 0.3) is 0 Å². The predicted octanol–water partition coefficient (Wildman–Crippen LogP) is 0.985. The fraction of sp³-hybridized carbons (Fsp3) is 0.273. The van der Waals surface area contributed by atoms with E-state index in [1.807, 2.05) is 12.1 Å². The maximum Gasteiger partial charge on any atom is 0.158 e. The average molecular weight is 201 g/mol. The molecule has 0 saturated carbocycles. The number of benzene rings is 1. The SMILES string of the molecule is OCc1nc(C2Cc3ccccc32)n[nH]1. The smallest absolute Gasteiger partial charge is 0.158 e. The van der Waals surface area contributed by atoms with E-state index >= 15 is 0 Å². The molecule has 0 radical (unpaired) electrons. The number of fused-ring (bicyclic) bond motifs is 1. The number of nitrogens with zero attached hydrogens (tertiary/aromatic N) is 2. The van der Waals surface area contributed by atoms with E-state index in [0.29, 0.717) is 11.7 Å². The molecule has 1 aromatic carbocycles. The fourth-order valence-electron chi connectivity index (χ4n) is 2.03. The zero-order valence-corrected chi connectivity index (χ0v) is 8.14. The molecule has 1 aliphatic rings. The van der Waals surface area contributed by atoms with Crippen LogP contribution in [-0.4, -0.2) is 20.3 Å². The Morgan fingerprint density at radius 3 is 3.00 bits per heavy atom. The number of nitrogens with one attached hydrogen (secondary N) is 1.